The molecule has 290 valence electrons. The quantitative estimate of drug-likeness (QED) is 0.167. The van der Waals surface area contributed by atoms with Crippen LogP contribution in [0.2, 0.25) is 0 Å². The summed E-state index contributed by atoms with van der Waals surface area (Å²) in [4.78, 5) is 2.38. The Balaban J connectivity index is 0.942. The number of aromatic nitrogens is 1. The molecular weight excluding hydrogens is 773 g/mol. The SMILES string of the molecule is c1cc(N(c2ccc(-c3ccc4c(c3)sc3ccccc34)cc2)c2ccc(-c3cccc4oc5c6ccccc6ccc5c34)cc2)cc(-n2c3ccccc3c3ccccc32)c1. The molecule has 3 aromatic heterocycles. The Kier molecular flexibility index (Phi) is 7.78. The number of anilines is 3. The largest absolute Gasteiger partial charge is 0.455 e. The summed E-state index contributed by atoms with van der Waals surface area (Å²) in [6, 6.07) is 79.2. The van der Waals surface area contributed by atoms with Crippen molar-refractivity contribution in [1.82, 2.24) is 4.57 Å². The minimum absolute atomic E-state index is 0.896. The molecule has 0 N–H and O–H groups in total. The number of hydrogen-bond donors (Lipinski definition) is 0. The minimum Gasteiger partial charge on any atom is -0.455 e. The molecule has 0 saturated heterocycles. The van der Waals surface area contributed by atoms with Crippen molar-refractivity contribution < 1.29 is 4.42 Å². The van der Waals surface area contributed by atoms with E-state index in [-0.39, 0.29) is 0 Å². The van der Waals surface area contributed by atoms with E-state index in [1.807, 2.05) is 11.3 Å². The first-order valence-electron chi connectivity index (χ1n) is 21.1. The number of rotatable bonds is 6. The molecule has 3 nitrogen and oxygen atoms in total. The molecule has 0 radical (unpaired) electrons. The maximum atomic E-state index is 6.57. The smallest absolute Gasteiger partial charge is 0.143 e. The molecule has 0 aliphatic carbocycles. The van der Waals surface area contributed by atoms with E-state index in [0.29, 0.717) is 0 Å². The van der Waals surface area contributed by atoms with E-state index in [1.54, 1.807) is 0 Å². The molecule has 0 aliphatic heterocycles. The Bertz CT molecular complexity index is 3820. The van der Waals surface area contributed by atoms with Gasteiger partial charge in [0.1, 0.15) is 11.2 Å². The van der Waals surface area contributed by atoms with Crippen molar-refractivity contribution in [1.29, 1.82) is 0 Å². The third kappa shape index (κ3) is 5.44. The van der Waals surface area contributed by atoms with Crippen molar-refractivity contribution in [2.24, 2.45) is 0 Å². The van der Waals surface area contributed by atoms with E-state index in [9.17, 15) is 0 Å². The first kappa shape index (κ1) is 34.9. The molecule has 0 unspecified atom stereocenters. The van der Waals surface area contributed by atoms with Gasteiger partial charge >= 0.3 is 0 Å². The molecule has 0 saturated carbocycles. The highest BCUT2D eigenvalue weighted by Gasteiger charge is 2.19. The lowest BCUT2D eigenvalue weighted by Gasteiger charge is -2.26. The molecular formula is C58H36N2OS. The number of hydrogen-bond acceptors (Lipinski definition) is 3. The van der Waals surface area contributed by atoms with E-state index in [4.69, 9.17) is 4.42 Å². The van der Waals surface area contributed by atoms with Crippen LogP contribution in [0.1, 0.15) is 0 Å². The summed E-state index contributed by atoms with van der Waals surface area (Å²) < 4.78 is 11.6. The molecule has 62 heavy (non-hydrogen) atoms. The predicted octanol–water partition coefficient (Wildman–Crippen LogP) is 17.0. The van der Waals surface area contributed by atoms with Crippen LogP contribution >= 0.6 is 11.3 Å². The van der Waals surface area contributed by atoms with Crippen molar-refractivity contribution in [3.63, 3.8) is 0 Å². The second-order valence-corrected chi connectivity index (χ2v) is 17.2. The minimum atomic E-state index is 0.896. The van der Waals surface area contributed by atoms with Gasteiger partial charge in [-0.25, -0.2) is 0 Å². The summed E-state index contributed by atoms with van der Waals surface area (Å²) in [5.41, 5.74) is 13.3. The number of nitrogens with zero attached hydrogens (tertiary/aromatic N) is 2. The standard InChI is InChI=1S/C58H36N2OS/c1-2-14-46-38(11-1)27-34-51-57-45(18-10-21-54(57)61-58(46)51)39-25-31-42(32-26-39)59(41-29-23-37(24-30-41)40-28-33-50-49-17-5-8-22-55(49)62-56(50)35-40)43-12-9-13-44(36-43)60-52-19-6-3-15-47(52)48-16-4-7-20-53(48)60/h1-36H. The lowest BCUT2D eigenvalue weighted by Crippen LogP contribution is -2.10. The van der Waals surface area contributed by atoms with Gasteiger partial charge in [-0.15, -0.1) is 11.3 Å². The third-order valence-electron chi connectivity index (χ3n) is 12.6. The molecule has 0 aliphatic rings. The van der Waals surface area contributed by atoms with Gasteiger partial charge < -0.3 is 13.9 Å². The van der Waals surface area contributed by atoms with Gasteiger partial charge in [0.2, 0.25) is 0 Å². The number of benzene rings is 10. The second kappa shape index (κ2) is 13.8. The molecule has 0 bridgehead atoms. The van der Waals surface area contributed by atoms with Crippen molar-refractivity contribution >= 4 is 103 Å². The highest BCUT2D eigenvalue weighted by molar-refractivity contribution is 7.25. The number of para-hydroxylation sites is 2. The van der Waals surface area contributed by atoms with Crippen LogP contribution in [0.5, 0.6) is 0 Å². The molecule has 0 spiro atoms. The van der Waals surface area contributed by atoms with E-state index >= 15 is 0 Å². The van der Waals surface area contributed by atoms with Crippen LogP contribution in [0.15, 0.2) is 223 Å². The monoisotopic (exact) mass is 808 g/mol. The van der Waals surface area contributed by atoms with E-state index in [2.05, 4.69) is 228 Å². The summed E-state index contributed by atoms with van der Waals surface area (Å²) in [6.07, 6.45) is 0. The van der Waals surface area contributed by atoms with Gasteiger partial charge in [0.05, 0.1) is 11.0 Å². The van der Waals surface area contributed by atoms with Gasteiger partial charge in [0.25, 0.3) is 0 Å². The Labute approximate surface area is 361 Å². The van der Waals surface area contributed by atoms with Gasteiger partial charge in [-0.1, -0.05) is 140 Å². The van der Waals surface area contributed by atoms with Crippen LogP contribution in [-0.2, 0) is 0 Å². The summed E-state index contributed by atoms with van der Waals surface area (Å²) >= 11 is 1.86. The average Bonchev–Trinajstić information content (AvgIpc) is 4.02. The molecule has 13 aromatic rings. The van der Waals surface area contributed by atoms with Crippen molar-refractivity contribution in [3.05, 3.63) is 218 Å². The zero-order valence-electron chi connectivity index (χ0n) is 33.5. The highest BCUT2D eigenvalue weighted by atomic mass is 32.1. The fourth-order valence-electron chi connectivity index (χ4n) is 9.71. The van der Waals surface area contributed by atoms with Crippen LogP contribution in [0.4, 0.5) is 17.1 Å². The van der Waals surface area contributed by atoms with Gasteiger partial charge in [-0.05, 0) is 107 Å². The lowest BCUT2D eigenvalue weighted by atomic mass is 9.98. The number of furan rings is 1. The van der Waals surface area contributed by atoms with E-state index < -0.39 is 0 Å². The fourth-order valence-corrected chi connectivity index (χ4v) is 10.9. The normalized spacial score (nSPS) is 11.9. The van der Waals surface area contributed by atoms with Crippen molar-refractivity contribution in [3.8, 4) is 27.9 Å². The molecule has 10 aromatic carbocycles. The lowest BCUT2D eigenvalue weighted by molar-refractivity contribution is 0.673. The molecule has 13 rings (SSSR count). The highest BCUT2D eigenvalue weighted by Crippen LogP contribution is 2.43. The molecule has 4 heteroatoms. The zero-order valence-corrected chi connectivity index (χ0v) is 34.3. The predicted molar refractivity (Wildman–Crippen MR) is 264 cm³/mol. The van der Waals surface area contributed by atoms with Gasteiger partial charge in [-0.3, -0.25) is 0 Å². The molecule has 0 atom stereocenters. The Morgan fingerprint density at radius 3 is 1.77 bits per heavy atom. The maximum Gasteiger partial charge on any atom is 0.143 e. The van der Waals surface area contributed by atoms with Gasteiger partial charge in [-0.2, -0.15) is 0 Å². The van der Waals surface area contributed by atoms with Crippen molar-refractivity contribution in [2.45, 2.75) is 0 Å². The summed E-state index contributed by atoms with van der Waals surface area (Å²) in [6.45, 7) is 0. The topological polar surface area (TPSA) is 21.3 Å². The third-order valence-corrected chi connectivity index (χ3v) is 13.7. The average molecular weight is 809 g/mol. The number of thiophene rings is 1. The fraction of sp³-hybridized carbons (Fsp3) is 0. The van der Waals surface area contributed by atoms with Gasteiger partial charge in [0.15, 0.2) is 0 Å². The Hall–Kier alpha value is -7.92. The van der Waals surface area contributed by atoms with Gasteiger partial charge in [0, 0.05) is 69.9 Å². The van der Waals surface area contributed by atoms with Crippen LogP contribution in [-0.4, -0.2) is 4.57 Å². The summed E-state index contributed by atoms with van der Waals surface area (Å²) in [5.74, 6) is 0. The Morgan fingerprint density at radius 1 is 0.387 bits per heavy atom. The zero-order chi connectivity index (χ0) is 40.7. The van der Waals surface area contributed by atoms with Crippen LogP contribution in [0.3, 0.4) is 0 Å². The summed E-state index contributed by atoms with van der Waals surface area (Å²) in [5, 5.41) is 9.72. The molecule has 0 fully saturated rings. The first-order chi connectivity index (χ1) is 30.7. The van der Waals surface area contributed by atoms with E-state index in [1.165, 1.54) is 58.5 Å². The second-order valence-electron chi connectivity index (χ2n) is 16.1. The van der Waals surface area contributed by atoms with Crippen molar-refractivity contribution in [2.75, 3.05) is 4.90 Å². The molecule has 0 amide bonds. The molecule has 3 heterocycles. The van der Waals surface area contributed by atoms with Crippen LogP contribution in [0, 0.1) is 0 Å². The van der Waals surface area contributed by atoms with Crippen LogP contribution in [0.25, 0.3) is 103 Å². The Morgan fingerprint density at radius 2 is 1.00 bits per heavy atom. The van der Waals surface area contributed by atoms with E-state index in [0.717, 1.165) is 61.2 Å². The first-order valence-corrected chi connectivity index (χ1v) is 21.9. The maximum absolute atomic E-state index is 6.57. The number of fused-ring (bicyclic) bond motifs is 11. The van der Waals surface area contributed by atoms with Crippen LogP contribution < -0.4 is 4.90 Å². The summed E-state index contributed by atoms with van der Waals surface area (Å²) in [7, 11) is 0.